The van der Waals surface area contributed by atoms with Gasteiger partial charge in [0.05, 0.1) is 4.90 Å². The lowest BCUT2D eigenvalue weighted by Crippen LogP contribution is -2.40. The van der Waals surface area contributed by atoms with Crippen LogP contribution >= 0.6 is 0 Å². The molecule has 0 aliphatic rings. The predicted octanol–water partition coefficient (Wildman–Crippen LogP) is 6.25. The molecule has 5 heteroatoms. The van der Waals surface area contributed by atoms with E-state index in [1.807, 2.05) is 67.5 Å². The van der Waals surface area contributed by atoms with Gasteiger partial charge < -0.3 is 5.41 Å². The third-order valence-corrected chi connectivity index (χ3v) is 3.94. The fourth-order valence-electron chi connectivity index (χ4n) is 1.52. The van der Waals surface area contributed by atoms with Gasteiger partial charge in [-0.1, -0.05) is 52.8 Å². The van der Waals surface area contributed by atoms with E-state index in [0.717, 1.165) is 5.56 Å². The van der Waals surface area contributed by atoms with Crippen LogP contribution in [0.1, 0.15) is 61.0 Å². The summed E-state index contributed by atoms with van der Waals surface area (Å²) in [6, 6.07) is 7.09. The average molecular weight is 387 g/mol. The zero-order valence-corrected chi connectivity index (χ0v) is 19.1. The van der Waals surface area contributed by atoms with Gasteiger partial charge >= 0.3 is 0 Å². The Kier molecular flexibility index (Phi) is 31.7. The summed E-state index contributed by atoms with van der Waals surface area (Å²) in [6.45, 7) is 29.9. The van der Waals surface area contributed by atoms with E-state index < -0.39 is 15.6 Å². The Morgan fingerprint density at radius 3 is 1.58 bits per heavy atom. The van der Waals surface area contributed by atoms with Crippen LogP contribution in [0.5, 0.6) is 0 Å². The zero-order chi connectivity index (χ0) is 22.4. The van der Waals surface area contributed by atoms with Gasteiger partial charge in [-0.25, -0.2) is 13.1 Å². The van der Waals surface area contributed by atoms with Crippen molar-refractivity contribution in [2.75, 3.05) is 0 Å². The van der Waals surface area contributed by atoms with Crippen LogP contribution in [0.15, 0.2) is 55.5 Å². The minimum absolute atomic E-state index is 0.382. The number of sulfonamides is 1. The molecule has 0 unspecified atom stereocenters. The maximum absolute atomic E-state index is 12.1. The van der Waals surface area contributed by atoms with Crippen molar-refractivity contribution in [1.29, 1.82) is 5.41 Å². The molecule has 0 radical (unpaired) electrons. The number of benzene rings is 1. The van der Waals surface area contributed by atoms with Crippen molar-refractivity contribution in [2.24, 2.45) is 0 Å². The van der Waals surface area contributed by atoms with Gasteiger partial charge in [0.2, 0.25) is 10.0 Å². The van der Waals surface area contributed by atoms with Crippen LogP contribution < -0.4 is 4.72 Å². The molecule has 0 spiro atoms. The molecule has 154 valence electrons. The summed E-state index contributed by atoms with van der Waals surface area (Å²) in [6.07, 6.45) is 0.710. The Bertz CT molecular complexity index is 502. The highest BCUT2D eigenvalue weighted by molar-refractivity contribution is 7.89. The molecule has 0 saturated heterocycles. The highest BCUT2D eigenvalue weighted by Crippen LogP contribution is 2.17. The summed E-state index contributed by atoms with van der Waals surface area (Å²) in [5, 5.41) is 5.50. The fraction of sp³-hybridized carbons (Fsp3) is 0.476. The lowest BCUT2D eigenvalue weighted by molar-refractivity contribution is 0.491. The van der Waals surface area contributed by atoms with E-state index in [1.165, 1.54) is 0 Å². The SMILES string of the molecule is C=C.C=C.C=N.CC.CC.CCc1ccccc1S(=O)(=O)NC(C)(C)C. The molecule has 4 nitrogen and oxygen atoms in total. The Labute approximate surface area is 164 Å². The van der Waals surface area contributed by atoms with Gasteiger partial charge in [-0.05, 0) is 45.5 Å². The van der Waals surface area contributed by atoms with Gasteiger partial charge in [0.25, 0.3) is 0 Å². The minimum atomic E-state index is -3.41. The summed E-state index contributed by atoms with van der Waals surface area (Å²) in [7, 11) is -3.41. The normalized spacial score (nSPS) is 8.77. The van der Waals surface area contributed by atoms with Gasteiger partial charge in [0, 0.05) is 5.54 Å². The van der Waals surface area contributed by atoms with Gasteiger partial charge in [0.15, 0.2) is 0 Å². The van der Waals surface area contributed by atoms with Crippen molar-refractivity contribution >= 4 is 16.7 Å². The molecule has 2 N–H and O–H groups in total. The quantitative estimate of drug-likeness (QED) is 0.476. The van der Waals surface area contributed by atoms with Gasteiger partial charge in [0.1, 0.15) is 0 Å². The van der Waals surface area contributed by atoms with Crippen LogP contribution in [-0.4, -0.2) is 20.7 Å². The van der Waals surface area contributed by atoms with Crippen LogP contribution in [0.3, 0.4) is 0 Å². The summed E-state index contributed by atoms with van der Waals surface area (Å²) in [5.41, 5.74) is 0.388. The molecular weight excluding hydrogens is 344 g/mol. The zero-order valence-electron chi connectivity index (χ0n) is 18.3. The second-order valence-electron chi connectivity index (χ2n) is 4.82. The second kappa shape index (κ2) is 23.3. The molecule has 0 saturated carbocycles. The Balaban J connectivity index is -0.000000127. The molecule has 0 heterocycles. The van der Waals surface area contributed by atoms with E-state index in [0.29, 0.717) is 11.3 Å². The molecule has 0 aliphatic carbocycles. The molecule has 26 heavy (non-hydrogen) atoms. The minimum Gasteiger partial charge on any atom is -0.317 e. The first-order chi connectivity index (χ1) is 12.3. The van der Waals surface area contributed by atoms with Crippen molar-refractivity contribution in [3.05, 3.63) is 56.1 Å². The fourth-order valence-corrected chi connectivity index (χ4v) is 3.25. The molecule has 0 aromatic heterocycles. The largest absolute Gasteiger partial charge is 0.317 e. The van der Waals surface area contributed by atoms with Crippen molar-refractivity contribution in [3.63, 3.8) is 0 Å². The van der Waals surface area contributed by atoms with Crippen LogP contribution in [0.2, 0.25) is 0 Å². The van der Waals surface area contributed by atoms with Gasteiger partial charge in [-0.15, -0.1) is 26.3 Å². The smallest absolute Gasteiger partial charge is 0.241 e. The van der Waals surface area contributed by atoms with E-state index in [-0.39, 0.29) is 0 Å². The number of rotatable bonds is 3. The lowest BCUT2D eigenvalue weighted by Gasteiger charge is -2.21. The van der Waals surface area contributed by atoms with Crippen LogP contribution in [0, 0.1) is 5.41 Å². The third kappa shape index (κ3) is 18.6. The molecule has 0 bridgehead atoms. The first kappa shape index (κ1) is 35.4. The molecule has 0 atom stereocenters. The third-order valence-electron chi connectivity index (χ3n) is 2.08. The standard InChI is InChI=1S/C12H19NO2S.2C2H6.2C2H4.CH3N/c1-5-10-8-6-7-9-11(10)16(14,15)13-12(2,3)4;5*1-2/h6-9,13H,5H2,1-4H3;2*1-2H3;2*1-2H2;2H,1H2. The Morgan fingerprint density at radius 1 is 0.923 bits per heavy atom. The molecule has 0 fully saturated rings. The van der Waals surface area contributed by atoms with Crippen LogP contribution in [0.25, 0.3) is 0 Å². The monoisotopic (exact) mass is 386 g/mol. The Morgan fingerprint density at radius 2 is 1.27 bits per heavy atom. The highest BCUT2D eigenvalue weighted by atomic mass is 32.2. The van der Waals surface area contributed by atoms with Crippen molar-refractivity contribution in [1.82, 2.24) is 4.72 Å². The van der Waals surface area contributed by atoms with E-state index >= 15 is 0 Å². The molecule has 0 aliphatic heterocycles. The second-order valence-corrected chi connectivity index (χ2v) is 6.47. The van der Waals surface area contributed by atoms with Crippen molar-refractivity contribution in [2.45, 2.75) is 72.2 Å². The maximum Gasteiger partial charge on any atom is 0.241 e. The maximum atomic E-state index is 12.1. The lowest BCUT2D eigenvalue weighted by atomic mass is 10.1. The number of hydrogen-bond acceptors (Lipinski definition) is 3. The summed E-state index contributed by atoms with van der Waals surface area (Å²) >= 11 is 0. The van der Waals surface area contributed by atoms with Crippen LogP contribution in [-0.2, 0) is 16.4 Å². The van der Waals surface area contributed by atoms with Gasteiger partial charge in [-0.2, -0.15) is 0 Å². The van der Waals surface area contributed by atoms with Crippen molar-refractivity contribution in [3.8, 4) is 0 Å². The Hall–Kier alpha value is -1.72. The van der Waals surface area contributed by atoms with E-state index in [4.69, 9.17) is 5.41 Å². The molecule has 1 aromatic rings. The number of aryl methyl sites for hydroxylation is 1. The first-order valence-corrected chi connectivity index (χ1v) is 10.2. The molecule has 1 aromatic carbocycles. The summed E-state index contributed by atoms with van der Waals surface area (Å²) in [4.78, 5) is 0.382. The molecule has 0 amide bonds. The highest BCUT2D eigenvalue weighted by Gasteiger charge is 2.23. The van der Waals surface area contributed by atoms with E-state index in [2.05, 4.69) is 37.8 Å². The molecular formula is C21H42N2O2S. The van der Waals surface area contributed by atoms with Crippen molar-refractivity contribution < 1.29 is 8.42 Å². The van der Waals surface area contributed by atoms with E-state index in [1.54, 1.807) is 12.1 Å². The first-order valence-electron chi connectivity index (χ1n) is 8.73. The number of hydrogen-bond donors (Lipinski definition) is 2. The number of nitrogens with one attached hydrogen (secondary N) is 2. The molecule has 1 rings (SSSR count). The topological polar surface area (TPSA) is 70.0 Å². The van der Waals surface area contributed by atoms with Gasteiger partial charge in [-0.3, -0.25) is 0 Å². The predicted molar refractivity (Wildman–Crippen MR) is 121 cm³/mol. The summed E-state index contributed by atoms with van der Waals surface area (Å²) < 4.78 is 26.9. The van der Waals surface area contributed by atoms with E-state index in [9.17, 15) is 8.42 Å². The summed E-state index contributed by atoms with van der Waals surface area (Å²) in [5.74, 6) is 0. The van der Waals surface area contributed by atoms with Crippen LogP contribution in [0.4, 0.5) is 0 Å². The average Bonchev–Trinajstić information content (AvgIpc) is 2.68.